The number of halogens is 1. The van der Waals surface area contributed by atoms with E-state index in [2.05, 4.69) is 31.2 Å². The van der Waals surface area contributed by atoms with Crippen LogP contribution in [0.25, 0.3) is 10.6 Å². The fourth-order valence-corrected chi connectivity index (χ4v) is 4.07. The van der Waals surface area contributed by atoms with Gasteiger partial charge in [-0.05, 0) is 38.1 Å². The number of carbonyl (C=O) groups excluding carboxylic acids is 1. The Morgan fingerprint density at radius 3 is 2.54 bits per heavy atom. The average molecular weight is 423 g/mol. The minimum absolute atomic E-state index is 0.226. The number of amides is 2. The Balaban J connectivity index is 1.73. The van der Waals surface area contributed by atoms with Crippen LogP contribution in [0.5, 0.6) is 0 Å². The van der Waals surface area contributed by atoms with Crippen LogP contribution in [0, 0.1) is 13.8 Å². The molecule has 24 heavy (non-hydrogen) atoms. The Hall–Kier alpha value is -1.77. The fraction of sp³-hybridized carbons (Fsp3) is 0.188. The summed E-state index contributed by atoms with van der Waals surface area (Å²) in [5.74, 6) is 0. The number of hydrogen-bond donors (Lipinski definition) is 1. The number of carbonyl (C=O) groups is 1. The van der Waals surface area contributed by atoms with Gasteiger partial charge in [-0.15, -0.1) is 22.7 Å². The van der Waals surface area contributed by atoms with Gasteiger partial charge in [0.05, 0.1) is 21.3 Å². The molecule has 0 unspecified atom stereocenters. The summed E-state index contributed by atoms with van der Waals surface area (Å²) in [7, 11) is 1.73. The molecule has 1 aromatic carbocycles. The zero-order valence-corrected chi connectivity index (χ0v) is 16.6. The number of aryl methyl sites for hydroxylation is 2. The predicted octanol–water partition coefficient (Wildman–Crippen LogP) is 5.31. The Labute approximate surface area is 156 Å². The van der Waals surface area contributed by atoms with E-state index < -0.39 is 0 Å². The first-order chi connectivity index (χ1) is 11.4. The molecule has 5 nitrogen and oxygen atoms in total. The van der Waals surface area contributed by atoms with Gasteiger partial charge in [-0.1, -0.05) is 15.9 Å². The van der Waals surface area contributed by atoms with Gasteiger partial charge in [-0.2, -0.15) is 0 Å². The van der Waals surface area contributed by atoms with Crippen LogP contribution < -0.4 is 10.2 Å². The van der Waals surface area contributed by atoms with Crippen molar-refractivity contribution in [1.82, 2.24) is 9.97 Å². The zero-order chi connectivity index (χ0) is 17.3. The molecule has 0 aliphatic rings. The number of urea groups is 1. The lowest BCUT2D eigenvalue weighted by Gasteiger charge is -2.17. The molecule has 3 aromatic rings. The summed E-state index contributed by atoms with van der Waals surface area (Å²) in [4.78, 5) is 23.9. The molecule has 0 atom stereocenters. The van der Waals surface area contributed by atoms with Gasteiger partial charge < -0.3 is 0 Å². The first-order valence-electron chi connectivity index (χ1n) is 7.14. The number of thiazole rings is 2. The molecule has 1 N–H and O–H groups in total. The largest absolute Gasteiger partial charge is 0.327 e. The Morgan fingerprint density at radius 2 is 1.92 bits per heavy atom. The molecule has 0 saturated carbocycles. The standard InChI is InChI=1S/C16H15BrN4OS2/c1-9-14(24-10(2)18-9)13-8-23-15(19-13)20-16(22)21(3)12-6-4-11(17)5-7-12/h4-8H,1-3H3,(H,19,20,22). The van der Waals surface area contributed by atoms with E-state index >= 15 is 0 Å². The summed E-state index contributed by atoms with van der Waals surface area (Å²) in [6, 6.07) is 7.32. The number of anilines is 2. The van der Waals surface area contributed by atoms with E-state index in [1.807, 2.05) is 43.5 Å². The third-order valence-corrected chi connectivity index (χ3v) is 5.75. The molecular formula is C16H15BrN4OS2. The molecule has 2 amide bonds. The zero-order valence-electron chi connectivity index (χ0n) is 13.3. The van der Waals surface area contributed by atoms with E-state index in [0.717, 1.165) is 31.4 Å². The van der Waals surface area contributed by atoms with E-state index in [-0.39, 0.29) is 6.03 Å². The van der Waals surface area contributed by atoms with E-state index in [4.69, 9.17) is 0 Å². The van der Waals surface area contributed by atoms with Crippen molar-refractivity contribution in [2.24, 2.45) is 0 Å². The third-order valence-electron chi connectivity index (χ3n) is 3.37. The monoisotopic (exact) mass is 422 g/mol. The summed E-state index contributed by atoms with van der Waals surface area (Å²) in [6.07, 6.45) is 0. The SMILES string of the molecule is Cc1nc(C)c(-c2csc(NC(=O)N(C)c3ccc(Br)cc3)n2)s1. The van der Waals surface area contributed by atoms with Crippen LogP contribution in [0.4, 0.5) is 15.6 Å². The van der Waals surface area contributed by atoms with Gasteiger partial charge in [0.2, 0.25) is 0 Å². The van der Waals surface area contributed by atoms with Crippen LogP contribution >= 0.6 is 38.6 Å². The van der Waals surface area contributed by atoms with Crippen molar-refractivity contribution >= 4 is 55.5 Å². The molecule has 2 heterocycles. The quantitative estimate of drug-likeness (QED) is 0.621. The second-order valence-corrected chi connectivity index (χ2v) is 8.13. The molecule has 0 fully saturated rings. The summed E-state index contributed by atoms with van der Waals surface area (Å²) < 4.78 is 0.972. The van der Waals surface area contributed by atoms with Crippen LogP contribution in [0.1, 0.15) is 10.7 Å². The molecule has 124 valence electrons. The maximum atomic E-state index is 12.4. The van der Waals surface area contributed by atoms with Crippen molar-refractivity contribution in [3.05, 3.63) is 44.8 Å². The molecular weight excluding hydrogens is 408 g/mol. The molecule has 0 saturated heterocycles. The predicted molar refractivity (Wildman–Crippen MR) is 104 cm³/mol. The van der Waals surface area contributed by atoms with Crippen molar-refractivity contribution in [3.63, 3.8) is 0 Å². The number of nitrogens with zero attached hydrogens (tertiary/aromatic N) is 3. The van der Waals surface area contributed by atoms with Gasteiger partial charge in [-0.3, -0.25) is 10.2 Å². The van der Waals surface area contributed by atoms with E-state index in [1.165, 1.54) is 11.3 Å². The third kappa shape index (κ3) is 3.66. The highest BCUT2D eigenvalue weighted by atomic mass is 79.9. The molecule has 0 aliphatic carbocycles. The normalized spacial score (nSPS) is 10.7. The highest BCUT2D eigenvalue weighted by Gasteiger charge is 2.15. The van der Waals surface area contributed by atoms with Gasteiger partial charge in [-0.25, -0.2) is 14.8 Å². The Kier molecular flexibility index (Phi) is 4.98. The number of benzene rings is 1. The van der Waals surface area contributed by atoms with Crippen LogP contribution in [-0.4, -0.2) is 23.0 Å². The van der Waals surface area contributed by atoms with Crippen molar-refractivity contribution in [1.29, 1.82) is 0 Å². The Bertz CT molecular complexity index is 873. The summed E-state index contributed by atoms with van der Waals surface area (Å²) >= 11 is 6.40. The van der Waals surface area contributed by atoms with Crippen LogP contribution in [0.15, 0.2) is 34.1 Å². The van der Waals surface area contributed by atoms with Crippen molar-refractivity contribution in [2.45, 2.75) is 13.8 Å². The van der Waals surface area contributed by atoms with Gasteiger partial charge in [0, 0.05) is 22.6 Å². The lowest BCUT2D eigenvalue weighted by Crippen LogP contribution is -2.31. The van der Waals surface area contributed by atoms with Crippen LogP contribution in [0.3, 0.4) is 0 Å². The van der Waals surface area contributed by atoms with Crippen molar-refractivity contribution in [2.75, 3.05) is 17.3 Å². The average Bonchev–Trinajstić information content (AvgIpc) is 3.13. The first-order valence-corrected chi connectivity index (χ1v) is 9.63. The first kappa shape index (κ1) is 17.1. The molecule has 0 spiro atoms. The fourth-order valence-electron chi connectivity index (χ4n) is 2.16. The smallest absolute Gasteiger partial charge is 0.297 e. The lowest BCUT2D eigenvalue weighted by molar-refractivity contribution is 0.258. The van der Waals surface area contributed by atoms with Gasteiger partial charge in [0.15, 0.2) is 5.13 Å². The molecule has 0 radical (unpaired) electrons. The highest BCUT2D eigenvalue weighted by molar-refractivity contribution is 9.10. The summed E-state index contributed by atoms with van der Waals surface area (Å²) in [6.45, 7) is 3.95. The summed E-state index contributed by atoms with van der Waals surface area (Å²) in [5, 5.41) is 6.36. The molecule has 8 heteroatoms. The second-order valence-electron chi connectivity index (χ2n) is 5.15. The van der Waals surface area contributed by atoms with E-state index in [1.54, 1.807) is 23.3 Å². The maximum absolute atomic E-state index is 12.4. The highest BCUT2D eigenvalue weighted by Crippen LogP contribution is 2.32. The molecule has 0 aliphatic heterocycles. The molecule has 3 rings (SSSR count). The topological polar surface area (TPSA) is 58.1 Å². The minimum Gasteiger partial charge on any atom is -0.297 e. The second kappa shape index (κ2) is 7.00. The summed E-state index contributed by atoms with van der Waals surface area (Å²) in [5.41, 5.74) is 2.62. The van der Waals surface area contributed by atoms with Gasteiger partial charge >= 0.3 is 6.03 Å². The van der Waals surface area contributed by atoms with Crippen molar-refractivity contribution in [3.8, 4) is 10.6 Å². The van der Waals surface area contributed by atoms with Crippen LogP contribution in [-0.2, 0) is 0 Å². The molecule has 2 aromatic heterocycles. The van der Waals surface area contributed by atoms with E-state index in [0.29, 0.717) is 5.13 Å². The Morgan fingerprint density at radius 1 is 1.21 bits per heavy atom. The number of rotatable bonds is 3. The van der Waals surface area contributed by atoms with E-state index in [9.17, 15) is 4.79 Å². The molecule has 0 bridgehead atoms. The van der Waals surface area contributed by atoms with Crippen molar-refractivity contribution < 1.29 is 4.79 Å². The van der Waals surface area contributed by atoms with Gasteiger partial charge in [0.1, 0.15) is 0 Å². The van der Waals surface area contributed by atoms with Gasteiger partial charge in [0.25, 0.3) is 0 Å². The lowest BCUT2D eigenvalue weighted by atomic mass is 10.3. The minimum atomic E-state index is -0.226. The van der Waals surface area contributed by atoms with Crippen LogP contribution in [0.2, 0.25) is 0 Å². The maximum Gasteiger partial charge on any atom is 0.327 e. The number of nitrogens with one attached hydrogen (secondary N) is 1. The number of aromatic nitrogens is 2. The number of hydrogen-bond acceptors (Lipinski definition) is 5.